The van der Waals surface area contributed by atoms with Crippen molar-refractivity contribution in [1.82, 2.24) is 10.6 Å². The largest absolute Gasteiger partial charge is 0.406 e. The van der Waals surface area contributed by atoms with Gasteiger partial charge in [-0.25, -0.2) is 0 Å². The minimum atomic E-state index is -4.72. The summed E-state index contributed by atoms with van der Waals surface area (Å²) < 4.78 is 39.5. The van der Waals surface area contributed by atoms with E-state index in [1.807, 2.05) is 0 Å². The van der Waals surface area contributed by atoms with Crippen LogP contribution in [0.25, 0.3) is 0 Å². The van der Waals surface area contributed by atoms with Crippen LogP contribution in [0.1, 0.15) is 22.8 Å². The molecule has 2 aromatic carbocycles. The summed E-state index contributed by atoms with van der Waals surface area (Å²) in [6.07, 6.45) is -6.16. The van der Waals surface area contributed by atoms with Gasteiger partial charge in [-0.1, -0.05) is 48.3 Å². The first-order valence-corrected chi connectivity index (χ1v) is 10.2. The van der Waals surface area contributed by atoms with Crippen LogP contribution in [0.2, 0.25) is 10.0 Å². The average Bonchev–Trinajstić information content (AvgIpc) is 2.81. The van der Waals surface area contributed by atoms with Gasteiger partial charge in [0.05, 0.1) is 21.3 Å². The van der Waals surface area contributed by atoms with Crippen LogP contribution in [0.4, 0.5) is 18.9 Å². The van der Waals surface area contributed by atoms with Gasteiger partial charge in [0, 0.05) is 5.92 Å². The summed E-state index contributed by atoms with van der Waals surface area (Å²) in [6, 6.07) is 10.3. The number of para-hydroxylation sites is 1. The second-order valence-corrected chi connectivity index (χ2v) is 8.14. The van der Waals surface area contributed by atoms with Gasteiger partial charge in [0.15, 0.2) is 6.17 Å². The highest BCUT2D eigenvalue weighted by Crippen LogP contribution is 2.28. The zero-order valence-corrected chi connectivity index (χ0v) is 18.2. The van der Waals surface area contributed by atoms with Crippen LogP contribution >= 0.6 is 23.2 Å². The third-order valence-corrected chi connectivity index (χ3v) is 5.56. The van der Waals surface area contributed by atoms with Crippen LogP contribution in [0.5, 0.6) is 0 Å². The van der Waals surface area contributed by atoms with Gasteiger partial charge < -0.3 is 10.6 Å². The van der Waals surface area contributed by atoms with Gasteiger partial charge in [-0.2, -0.15) is 13.2 Å². The molecule has 1 unspecified atom stereocenters. The summed E-state index contributed by atoms with van der Waals surface area (Å²) in [5, 5.41) is 5.31. The molecule has 0 aromatic heterocycles. The van der Waals surface area contributed by atoms with Crippen LogP contribution in [-0.4, -0.2) is 36.6 Å². The van der Waals surface area contributed by atoms with Crippen molar-refractivity contribution in [2.45, 2.75) is 25.7 Å². The Kier molecular flexibility index (Phi) is 7.00. The Balaban J connectivity index is 1.81. The zero-order chi connectivity index (χ0) is 23.6. The molecule has 1 heterocycles. The number of anilines is 1. The van der Waals surface area contributed by atoms with E-state index in [9.17, 15) is 27.6 Å². The Morgan fingerprint density at radius 1 is 1.16 bits per heavy atom. The normalized spacial score (nSPS) is 17.3. The maximum atomic E-state index is 13.2. The lowest BCUT2D eigenvalue weighted by Crippen LogP contribution is -2.58. The van der Waals surface area contributed by atoms with Gasteiger partial charge in [0.1, 0.15) is 6.54 Å². The average molecular weight is 488 g/mol. The van der Waals surface area contributed by atoms with Crippen molar-refractivity contribution in [2.75, 3.05) is 11.4 Å². The number of alkyl halides is 3. The van der Waals surface area contributed by atoms with E-state index in [4.69, 9.17) is 23.2 Å². The van der Waals surface area contributed by atoms with Gasteiger partial charge in [0.25, 0.3) is 11.8 Å². The molecule has 0 aliphatic carbocycles. The van der Waals surface area contributed by atoms with E-state index in [2.05, 4.69) is 10.6 Å². The SMILES string of the molecule is C[C@@H](Cc1ccc(Cl)c(Cl)c1)C(=O)NC1NC(=O)c2ccccc2N(CC(F)(F)F)C1=O. The number of nitrogens with one attached hydrogen (secondary N) is 2. The first kappa shape index (κ1) is 23.9. The standard InChI is InChI=1S/C21H18Cl2F3N3O3/c1-11(8-12-6-7-14(22)15(23)9-12)18(30)27-17-20(32)29(10-21(24,25)26)16-5-3-2-4-13(16)19(31)28-17/h2-7,9,11,17H,8,10H2,1H3,(H,27,30)(H,28,31)/t11-,17?/m0/s1. The Hall–Kier alpha value is -2.78. The van der Waals surface area contributed by atoms with E-state index < -0.39 is 42.5 Å². The second kappa shape index (κ2) is 9.38. The fourth-order valence-electron chi connectivity index (χ4n) is 3.28. The van der Waals surface area contributed by atoms with Gasteiger partial charge >= 0.3 is 6.18 Å². The van der Waals surface area contributed by atoms with E-state index in [1.165, 1.54) is 24.3 Å². The molecule has 0 radical (unpaired) electrons. The van der Waals surface area contributed by atoms with Crippen LogP contribution in [-0.2, 0) is 16.0 Å². The van der Waals surface area contributed by atoms with Crippen LogP contribution < -0.4 is 15.5 Å². The molecule has 0 bridgehead atoms. The van der Waals surface area contributed by atoms with Crippen LogP contribution in [0, 0.1) is 5.92 Å². The number of fused-ring (bicyclic) bond motifs is 1. The van der Waals surface area contributed by atoms with Crippen molar-refractivity contribution < 1.29 is 27.6 Å². The lowest BCUT2D eigenvalue weighted by molar-refractivity contribution is -0.136. The molecule has 170 valence electrons. The smallest absolute Gasteiger partial charge is 0.328 e. The molecule has 2 atom stereocenters. The molecule has 2 aromatic rings. The number of amides is 3. The highest BCUT2D eigenvalue weighted by molar-refractivity contribution is 6.42. The third-order valence-electron chi connectivity index (χ3n) is 4.83. The number of hydrogen-bond acceptors (Lipinski definition) is 3. The second-order valence-electron chi connectivity index (χ2n) is 7.33. The Bertz CT molecular complexity index is 1060. The molecular formula is C21H18Cl2F3N3O3. The van der Waals surface area contributed by atoms with Gasteiger partial charge in [-0.05, 0) is 36.2 Å². The molecule has 6 nitrogen and oxygen atoms in total. The topological polar surface area (TPSA) is 78.5 Å². The van der Waals surface area contributed by atoms with Crippen molar-refractivity contribution in [3.63, 3.8) is 0 Å². The van der Waals surface area contributed by atoms with Crippen molar-refractivity contribution in [2.24, 2.45) is 5.92 Å². The molecular weight excluding hydrogens is 470 g/mol. The zero-order valence-electron chi connectivity index (χ0n) is 16.7. The first-order chi connectivity index (χ1) is 15.0. The number of carbonyl (C=O) groups is 3. The maximum absolute atomic E-state index is 13.2. The fourth-order valence-corrected chi connectivity index (χ4v) is 3.60. The predicted molar refractivity (Wildman–Crippen MR) is 114 cm³/mol. The van der Waals surface area contributed by atoms with Crippen LogP contribution in [0.15, 0.2) is 42.5 Å². The molecule has 11 heteroatoms. The fraction of sp³-hybridized carbons (Fsp3) is 0.286. The Morgan fingerprint density at radius 3 is 2.50 bits per heavy atom. The van der Waals surface area contributed by atoms with Crippen molar-refractivity contribution in [3.05, 3.63) is 63.6 Å². The summed E-state index contributed by atoms with van der Waals surface area (Å²) >= 11 is 11.9. The van der Waals surface area contributed by atoms with Crippen LogP contribution in [0.3, 0.4) is 0 Å². The molecule has 0 saturated carbocycles. The molecule has 3 amide bonds. The summed E-state index contributed by atoms with van der Waals surface area (Å²) in [4.78, 5) is 38.6. The molecule has 0 saturated heterocycles. The molecule has 0 fully saturated rings. The van der Waals surface area contributed by atoms with E-state index in [-0.39, 0.29) is 17.7 Å². The minimum absolute atomic E-state index is 0.106. The molecule has 32 heavy (non-hydrogen) atoms. The van der Waals surface area contributed by atoms with Crippen molar-refractivity contribution in [1.29, 1.82) is 0 Å². The summed E-state index contributed by atoms with van der Waals surface area (Å²) in [5.74, 6) is -3.19. The summed E-state index contributed by atoms with van der Waals surface area (Å²) in [6.45, 7) is -0.0356. The number of rotatable bonds is 5. The van der Waals surface area contributed by atoms with E-state index >= 15 is 0 Å². The first-order valence-electron chi connectivity index (χ1n) is 9.48. The lowest BCUT2D eigenvalue weighted by Gasteiger charge is -2.27. The highest BCUT2D eigenvalue weighted by Gasteiger charge is 2.41. The van der Waals surface area contributed by atoms with Crippen molar-refractivity contribution >= 4 is 46.6 Å². The van der Waals surface area contributed by atoms with Crippen molar-refractivity contribution in [3.8, 4) is 0 Å². The quantitative estimate of drug-likeness (QED) is 0.669. The van der Waals surface area contributed by atoms with Gasteiger partial charge in [-0.3, -0.25) is 19.3 Å². The number of benzene rings is 2. The number of nitrogens with zero attached hydrogens (tertiary/aromatic N) is 1. The molecule has 3 rings (SSSR count). The monoisotopic (exact) mass is 487 g/mol. The molecule has 1 aliphatic heterocycles. The summed E-state index contributed by atoms with van der Waals surface area (Å²) in [7, 11) is 0. The van der Waals surface area contributed by atoms with E-state index in [0.29, 0.717) is 20.5 Å². The Morgan fingerprint density at radius 2 is 1.84 bits per heavy atom. The van der Waals surface area contributed by atoms with Gasteiger partial charge in [-0.15, -0.1) is 0 Å². The minimum Gasteiger partial charge on any atom is -0.328 e. The number of hydrogen-bond donors (Lipinski definition) is 2. The van der Waals surface area contributed by atoms with E-state index in [1.54, 1.807) is 25.1 Å². The predicted octanol–water partition coefficient (Wildman–Crippen LogP) is 3.95. The number of halogens is 5. The maximum Gasteiger partial charge on any atom is 0.406 e. The lowest BCUT2D eigenvalue weighted by atomic mass is 10.0. The third kappa shape index (κ3) is 5.52. The van der Waals surface area contributed by atoms with Gasteiger partial charge in [0.2, 0.25) is 5.91 Å². The summed E-state index contributed by atoms with van der Waals surface area (Å²) in [5.41, 5.74) is 0.406. The Labute approximate surface area is 191 Å². The molecule has 2 N–H and O–H groups in total. The molecule has 1 aliphatic rings. The molecule has 0 spiro atoms. The highest BCUT2D eigenvalue weighted by atomic mass is 35.5. The van der Waals surface area contributed by atoms with E-state index in [0.717, 1.165) is 0 Å². The number of carbonyl (C=O) groups excluding carboxylic acids is 3.